The van der Waals surface area contributed by atoms with Crippen LogP contribution in [0.5, 0.6) is 0 Å². The number of hydrogen-bond acceptors (Lipinski definition) is 7. The highest BCUT2D eigenvalue weighted by atomic mass is 16.4. The van der Waals surface area contributed by atoms with E-state index >= 15 is 0 Å². The van der Waals surface area contributed by atoms with Crippen LogP contribution in [0, 0.1) is 17.8 Å². The number of amides is 6. The zero-order valence-corrected chi connectivity index (χ0v) is 24.8. The maximum absolute atomic E-state index is 13.1. The van der Waals surface area contributed by atoms with E-state index < -0.39 is 41.6 Å². The van der Waals surface area contributed by atoms with Crippen LogP contribution >= 0.6 is 0 Å². The van der Waals surface area contributed by atoms with Crippen molar-refractivity contribution >= 4 is 52.7 Å². The normalized spacial score (nSPS) is 17.4. The molecule has 0 aliphatic carbocycles. The SMILES string of the molecule is CC(C)C(=NC(=O)CCC(=O)N1CCC(C(=O)O)C(C)C1)C(=O)N=C(CCCNC(N)=O)C(=O)Nc1ccc(CN)cc1. The Kier molecular flexibility index (Phi) is 13.6. The van der Waals surface area contributed by atoms with Crippen LogP contribution in [0.15, 0.2) is 34.3 Å². The largest absolute Gasteiger partial charge is 0.481 e. The van der Waals surface area contributed by atoms with Gasteiger partial charge in [0.15, 0.2) is 0 Å². The summed E-state index contributed by atoms with van der Waals surface area (Å²) in [5, 5.41) is 14.4. The summed E-state index contributed by atoms with van der Waals surface area (Å²) in [4.78, 5) is 83.3. The van der Waals surface area contributed by atoms with E-state index in [-0.39, 0.29) is 62.0 Å². The van der Waals surface area contributed by atoms with Gasteiger partial charge < -0.3 is 32.1 Å². The van der Waals surface area contributed by atoms with Crippen molar-refractivity contribution in [1.82, 2.24) is 10.2 Å². The molecule has 2 unspecified atom stereocenters. The number of urea groups is 1. The molecule has 1 fully saturated rings. The number of piperidine rings is 1. The van der Waals surface area contributed by atoms with Gasteiger partial charge in [0.05, 0.1) is 5.92 Å². The number of aliphatic imine (C=N–C) groups is 2. The Hall–Kier alpha value is -4.46. The lowest BCUT2D eigenvalue weighted by Gasteiger charge is -2.35. The highest BCUT2D eigenvalue weighted by Crippen LogP contribution is 2.24. The number of benzene rings is 1. The van der Waals surface area contributed by atoms with Crippen LogP contribution in [-0.4, -0.2) is 76.7 Å². The van der Waals surface area contributed by atoms with Gasteiger partial charge in [-0.1, -0.05) is 32.9 Å². The summed E-state index contributed by atoms with van der Waals surface area (Å²) in [5.74, 6) is -4.63. The van der Waals surface area contributed by atoms with Crippen LogP contribution in [0.3, 0.4) is 0 Å². The molecule has 2 rings (SSSR count). The van der Waals surface area contributed by atoms with Crippen LogP contribution in [0.25, 0.3) is 0 Å². The molecule has 1 heterocycles. The highest BCUT2D eigenvalue weighted by Gasteiger charge is 2.33. The van der Waals surface area contributed by atoms with Gasteiger partial charge in [0.25, 0.3) is 11.8 Å². The Balaban J connectivity index is 2.13. The minimum absolute atomic E-state index is 0.0174. The first kappa shape index (κ1) is 34.7. The molecule has 43 heavy (non-hydrogen) atoms. The van der Waals surface area contributed by atoms with E-state index in [0.717, 1.165) is 5.56 Å². The van der Waals surface area contributed by atoms with Gasteiger partial charge in [-0.2, -0.15) is 0 Å². The van der Waals surface area contributed by atoms with E-state index in [1.165, 1.54) is 0 Å². The average Bonchev–Trinajstić information content (AvgIpc) is 2.95. The van der Waals surface area contributed by atoms with Crippen molar-refractivity contribution in [3.05, 3.63) is 29.8 Å². The smallest absolute Gasteiger partial charge is 0.312 e. The second kappa shape index (κ2) is 16.9. The number of carbonyl (C=O) groups excluding carboxylic acids is 5. The van der Waals surface area contributed by atoms with Gasteiger partial charge in [-0.3, -0.25) is 24.0 Å². The summed E-state index contributed by atoms with van der Waals surface area (Å²) in [6.07, 6.45) is 0.227. The van der Waals surface area contributed by atoms with Crippen LogP contribution < -0.4 is 22.1 Å². The summed E-state index contributed by atoms with van der Waals surface area (Å²) < 4.78 is 0. The highest BCUT2D eigenvalue weighted by molar-refractivity contribution is 6.49. The van der Waals surface area contributed by atoms with E-state index in [9.17, 15) is 33.9 Å². The minimum atomic E-state index is -0.887. The molecule has 1 saturated heterocycles. The number of hydrogen-bond donors (Lipinski definition) is 5. The molecule has 14 nitrogen and oxygen atoms in total. The molecular formula is C29H41N7O7. The molecule has 0 spiro atoms. The third kappa shape index (κ3) is 11.4. The van der Waals surface area contributed by atoms with E-state index in [1.807, 2.05) is 0 Å². The second-order valence-corrected chi connectivity index (χ2v) is 10.7. The summed E-state index contributed by atoms with van der Waals surface area (Å²) in [7, 11) is 0. The van der Waals surface area contributed by atoms with Gasteiger partial charge in [-0.25, -0.2) is 14.8 Å². The maximum Gasteiger partial charge on any atom is 0.312 e. The molecule has 2 atom stereocenters. The lowest BCUT2D eigenvalue weighted by atomic mass is 9.87. The number of nitrogens with two attached hydrogens (primary N) is 2. The molecule has 1 aromatic carbocycles. The van der Waals surface area contributed by atoms with Gasteiger partial charge in [0.2, 0.25) is 11.8 Å². The fourth-order valence-corrected chi connectivity index (χ4v) is 4.52. The van der Waals surface area contributed by atoms with E-state index in [4.69, 9.17) is 11.5 Å². The summed E-state index contributed by atoms with van der Waals surface area (Å²) in [6.45, 7) is 6.12. The quantitative estimate of drug-likeness (QED) is 0.164. The van der Waals surface area contributed by atoms with Gasteiger partial charge in [0, 0.05) is 50.6 Å². The number of likely N-dealkylation sites (tertiary alicyclic amines) is 1. The van der Waals surface area contributed by atoms with Crippen LogP contribution in [0.1, 0.15) is 58.4 Å². The Morgan fingerprint density at radius 2 is 1.72 bits per heavy atom. The number of carboxylic acids is 1. The first-order valence-electron chi connectivity index (χ1n) is 14.2. The number of carbonyl (C=O) groups is 6. The number of anilines is 1. The number of aliphatic carboxylic acids is 1. The molecule has 0 aromatic heterocycles. The number of primary amides is 1. The molecule has 0 radical (unpaired) electrons. The van der Waals surface area contributed by atoms with Gasteiger partial charge in [-0.05, 0) is 42.9 Å². The van der Waals surface area contributed by atoms with Crippen molar-refractivity contribution in [3.63, 3.8) is 0 Å². The molecule has 234 valence electrons. The molecule has 6 amide bonds. The monoisotopic (exact) mass is 599 g/mol. The van der Waals surface area contributed by atoms with Crippen molar-refractivity contribution in [3.8, 4) is 0 Å². The number of nitrogens with one attached hydrogen (secondary N) is 2. The van der Waals surface area contributed by atoms with Crippen molar-refractivity contribution in [2.24, 2.45) is 39.2 Å². The summed E-state index contributed by atoms with van der Waals surface area (Å²) >= 11 is 0. The van der Waals surface area contributed by atoms with Crippen molar-refractivity contribution < 1.29 is 33.9 Å². The van der Waals surface area contributed by atoms with Gasteiger partial charge in [-0.15, -0.1) is 0 Å². The van der Waals surface area contributed by atoms with Gasteiger partial charge >= 0.3 is 12.0 Å². The Labute approximate surface area is 250 Å². The summed E-state index contributed by atoms with van der Waals surface area (Å²) in [5.41, 5.74) is 11.7. The predicted molar refractivity (Wildman–Crippen MR) is 160 cm³/mol. The van der Waals surface area contributed by atoms with Gasteiger partial charge in [0.1, 0.15) is 11.4 Å². The molecule has 7 N–H and O–H groups in total. The average molecular weight is 600 g/mol. The van der Waals surface area contributed by atoms with Crippen LogP contribution in [0.2, 0.25) is 0 Å². The summed E-state index contributed by atoms with van der Waals surface area (Å²) in [6, 6.07) is 6.07. The zero-order valence-electron chi connectivity index (χ0n) is 24.8. The number of carboxylic acid groups (broad SMARTS) is 1. The number of nitrogens with zero attached hydrogens (tertiary/aromatic N) is 3. The molecular weight excluding hydrogens is 558 g/mol. The van der Waals surface area contributed by atoms with E-state index in [2.05, 4.69) is 20.6 Å². The molecule has 1 aromatic rings. The lowest BCUT2D eigenvalue weighted by molar-refractivity contribution is -0.148. The third-order valence-corrected chi connectivity index (χ3v) is 6.97. The van der Waals surface area contributed by atoms with Crippen LogP contribution in [0.4, 0.5) is 10.5 Å². The first-order chi connectivity index (χ1) is 20.3. The standard InChI is InChI=1S/C29H41N7O7/c1-17(2)25(35-23(37)10-11-24(38)36-14-12-21(28(41)42)18(3)16-36)27(40)34-22(5-4-13-32-29(31)43)26(39)33-20-8-6-19(15-30)7-9-20/h6-9,17-18,21H,4-5,10-16,30H2,1-3H3,(H,33,39)(H,41,42)(H3,31,32,43). The predicted octanol–water partition coefficient (Wildman–Crippen LogP) is 1.47. The van der Waals surface area contributed by atoms with E-state index in [1.54, 1.807) is 49.9 Å². The van der Waals surface area contributed by atoms with Crippen LogP contribution in [-0.2, 0) is 30.5 Å². The Morgan fingerprint density at radius 1 is 1.05 bits per heavy atom. The topological polar surface area (TPSA) is 227 Å². The lowest BCUT2D eigenvalue weighted by Crippen LogP contribution is -2.45. The fourth-order valence-electron chi connectivity index (χ4n) is 4.52. The molecule has 1 aliphatic heterocycles. The molecule has 1 aliphatic rings. The van der Waals surface area contributed by atoms with Crippen molar-refractivity contribution in [2.45, 2.75) is 59.4 Å². The van der Waals surface area contributed by atoms with Crippen molar-refractivity contribution in [2.75, 3.05) is 25.0 Å². The third-order valence-electron chi connectivity index (χ3n) is 6.97. The molecule has 14 heteroatoms. The van der Waals surface area contributed by atoms with E-state index in [0.29, 0.717) is 25.2 Å². The number of rotatable bonds is 13. The molecule has 0 saturated carbocycles. The first-order valence-corrected chi connectivity index (χ1v) is 14.2. The Bertz CT molecular complexity index is 1260. The fraction of sp³-hybridized carbons (Fsp3) is 0.517. The maximum atomic E-state index is 13.1. The zero-order chi connectivity index (χ0) is 32.1. The van der Waals surface area contributed by atoms with Crippen molar-refractivity contribution in [1.29, 1.82) is 0 Å². The Morgan fingerprint density at radius 3 is 2.28 bits per heavy atom. The molecule has 0 bridgehead atoms. The minimum Gasteiger partial charge on any atom is -0.481 e. The second-order valence-electron chi connectivity index (χ2n) is 10.7.